The summed E-state index contributed by atoms with van der Waals surface area (Å²) < 4.78 is 13.7. The van der Waals surface area contributed by atoms with E-state index >= 15 is 0 Å². The highest BCUT2D eigenvalue weighted by atomic mass is 79.9. The molecule has 0 fully saturated rings. The van der Waals surface area contributed by atoms with Gasteiger partial charge in [0.2, 0.25) is 5.91 Å². The minimum Gasteiger partial charge on any atom is -0.359 e. The lowest BCUT2D eigenvalue weighted by atomic mass is 10.1. The zero-order valence-corrected chi connectivity index (χ0v) is 12.6. The smallest absolute Gasteiger partial charge is 0.254 e. The van der Waals surface area contributed by atoms with E-state index in [2.05, 4.69) is 21.2 Å². The molecule has 0 bridgehead atoms. The lowest BCUT2D eigenvalue weighted by Gasteiger charge is -2.21. The Bertz CT molecular complexity index is 494. The molecule has 0 aliphatic heterocycles. The van der Waals surface area contributed by atoms with Crippen molar-refractivity contribution >= 4 is 27.7 Å². The first-order chi connectivity index (χ1) is 8.86. The van der Waals surface area contributed by atoms with Crippen molar-refractivity contribution < 1.29 is 14.0 Å². The van der Waals surface area contributed by atoms with Crippen molar-refractivity contribution in [3.63, 3.8) is 0 Å². The Balaban J connectivity index is 2.82. The Kier molecular flexibility index (Phi) is 5.47. The fourth-order valence-electron chi connectivity index (χ4n) is 1.69. The fourth-order valence-corrected chi connectivity index (χ4v) is 2.11. The molecule has 0 heterocycles. The van der Waals surface area contributed by atoms with Crippen molar-refractivity contribution in [3.05, 3.63) is 34.1 Å². The minimum atomic E-state index is -0.473. The maximum atomic E-state index is 13.2. The number of carbonyl (C=O) groups is 2. The average Bonchev–Trinajstić information content (AvgIpc) is 2.39. The van der Waals surface area contributed by atoms with Crippen LogP contribution in [0.1, 0.15) is 17.3 Å². The van der Waals surface area contributed by atoms with Gasteiger partial charge in [0.1, 0.15) is 5.82 Å². The van der Waals surface area contributed by atoms with Crippen LogP contribution in [0.15, 0.2) is 22.7 Å². The zero-order chi connectivity index (χ0) is 14.6. The summed E-state index contributed by atoms with van der Waals surface area (Å²) in [5.41, 5.74) is 0.242. The number of halogens is 2. The van der Waals surface area contributed by atoms with E-state index in [0.29, 0.717) is 4.47 Å². The summed E-state index contributed by atoms with van der Waals surface area (Å²) in [6, 6.07) is 3.93. The first kappa shape index (κ1) is 15.6. The number of rotatable bonds is 4. The Hall–Kier alpha value is -1.43. The number of nitrogens with zero attached hydrogens (tertiary/aromatic N) is 1. The van der Waals surface area contributed by atoms with Gasteiger partial charge in [-0.25, -0.2) is 4.39 Å². The SMILES string of the molecule is CNC(=O)C(C)CN(C)C(=O)c1cc(F)ccc1Br. The molecule has 0 aliphatic rings. The molecule has 4 nitrogen and oxygen atoms in total. The van der Waals surface area contributed by atoms with E-state index in [1.165, 1.54) is 23.1 Å². The van der Waals surface area contributed by atoms with Crippen molar-refractivity contribution in [2.24, 2.45) is 5.92 Å². The van der Waals surface area contributed by atoms with E-state index in [0.717, 1.165) is 0 Å². The van der Waals surface area contributed by atoms with E-state index in [4.69, 9.17) is 0 Å². The molecule has 6 heteroatoms. The second-order valence-electron chi connectivity index (χ2n) is 4.33. The maximum absolute atomic E-state index is 13.2. The van der Waals surface area contributed by atoms with E-state index in [-0.39, 0.29) is 29.8 Å². The molecule has 104 valence electrons. The number of hydrogen-bond acceptors (Lipinski definition) is 2. The van der Waals surface area contributed by atoms with Gasteiger partial charge < -0.3 is 10.2 Å². The Morgan fingerprint density at radius 1 is 1.47 bits per heavy atom. The summed E-state index contributed by atoms with van der Waals surface area (Å²) >= 11 is 3.21. The van der Waals surface area contributed by atoms with Crippen molar-refractivity contribution in [1.82, 2.24) is 10.2 Å². The predicted molar refractivity (Wildman–Crippen MR) is 74.3 cm³/mol. The first-order valence-corrected chi connectivity index (χ1v) is 6.58. The number of nitrogens with one attached hydrogen (secondary N) is 1. The van der Waals surface area contributed by atoms with E-state index in [1.54, 1.807) is 21.0 Å². The highest BCUT2D eigenvalue weighted by Gasteiger charge is 2.20. The molecule has 1 N–H and O–H groups in total. The van der Waals surface area contributed by atoms with Crippen LogP contribution in [-0.4, -0.2) is 37.4 Å². The van der Waals surface area contributed by atoms with Crippen LogP contribution in [0.2, 0.25) is 0 Å². The molecule has 1 aromatic rings. The summed E-state index contributed by atoms with van der Waals surface area (Å²) in [5.74, 6) is -1.27. The predicted octanol–water partition coefficient (Wildman–Crippen LogP) is 2.04. The number of amides is 2. The summed E-state index contributed by atoms with van der Waals surface area (Å²) in [4.78, 5) is 25.0. The van der Waals surface area contributed by atoms with Crippen LogP contribution >= 0.6 is 15.9 Å². The van der Waals surface area contributed by atoms with Gasteiger partial charge in [-0.05, 0) is 34.1 Å². The molecule has 0 radical (unpaired) electrons. The van der Waals surface area contributed by atoms with E-state index in [1.807, 2.05) is 0 Å². The highest BCUT2D eigenvalue weighted by Crippen LogP contribution is 2.19. The monoisotopic (exact) mass is 330 g/mol. The molecular formula is C13H16BrFN2O2. The highest BCUT2D eigenvalue weighted by molar-refractivity contribution is 9.10. The Morgan fingerprint density at radius 3 is 2.68 bits per heavy atom. The second kappa shape index (κ2) is 6.65. The van der Waals surface area contributed by atoms with Gasteiger partial charge in [-0.3, -0.25) is 9.59 Å². The van der Waals surface area contributed by atoms with Crippen LogP contribution in [0.4, 0.5) is 4.39 Å². The van der Waals surface area contributed by atoms with Crippen molar-refractivity contribution in [2.45, 2.75) is 6.92 Å². The van der Waals surface area contributed by atoms with Gasteiger partial charge in [0.25, 0.3) is 5.91 Å². The summed E-state index contributed by atoms with van der Waals surface area (Å²) in [6.07, 6.45) is 0. The van der Waals surface area contributed by atoms with E-state index in [9.17, 15) is 14.0 Å². The topological polar surface area (TPSA) is 49.4 Å². The summed E-state index contributed by atoms with van der Waals surface area (Å²) in [6.45, 7) is 1.99. The van der Waals surface area contributed by atoms with Gasteiger partial charge in [0.15, 0.2) is 0 Å². The standard InChI is InChI=1S/C13H16BrFN2O2/c1-8(12(18)16-2)7-17(3)13(19)10-6-9(15)4-5-11(10)14/h4-6,8H,7H2,1-3H3,(H,16,18). The molecule has 19 heavy (non-hydrogen) atoms. The lowest BCUT2D eigenvalue weighted by molar-refractivity contribution is -0.124. The molecule has 0 saturated carbocycles. The van der Waals surface area contributed by atoms with Crippen molar-refractivity contribution in [3.8, 4) is 0 Å². The summed E-state index contributed by atoms with van der Waals surface area (Å²) in [7, 11) is 3.13. The third-order valence-corrected chi connectivity index (χ3v) is 3.44. The first-order valence-electron chi connectivity index (χ1n) is 5.79. The van der Waals surface area contributed by atoms with Gasteiger partial charge in [-0.1, -0.05) is 6.92 Å². The number of benzene rings is 1. The van der Waals surface area contributed by atoms with Crippen LogP contribution in [0, 0.1) is 11.7 Å². The van der Waals surface area contributed by atoms with Crippen molar-refractivity contribution in [2.75, 3.05) is 20.6 Å². The van der Waals surface area contributed by atoms with Crippen LogP contribution in [0.25, 0.3) is 0 Å². The molecule has 1 unspecified atom stereocenters. The number of hydrogen-bond donors (Lipinski definition) is 1. The third-order valence-electron chi connectivity index (χ3n) is 2.75. The maximum Gasteiger partial charge on any atom is 0.254 e. The van der Waals surface area contributed by atoms with Gasteiger partial charge >= 0.3 is 0 Å². The molecule has 2 amide bonds. The average molecular weight is 331 g/mol. The lowest BCUT2D eigenvalue weighted by Crippen LogP contribution is -2.37. The molecule has 0 aromatic heterocycles. The van der Waals surface area contributed by atoms with Crippen LogP contribution in [-0.2, 0) is 4.79 Å². The van der Waals surface area contributed by atoms with Gasteiger partial charge in [-0.2, -0.15) is 0 Å². The van der Waals surface area contributed by atoms with Gasteiger partial charge in [0, 0.05) is 25.1 Å². The molecule has 0 aliphatic carbocycles. The molecule has 0 spiro atoms. The van der Waals surface area contributed by atoms with Gasteiger partial charge in [0.05, 0.1) is 11.5 Å². The molecule has 1 rings (SSSR count). The summed E-state index contributed by atoms with van der Waals surface area (Å²) in [5, 5.41) is 2.52. The molecular weight excluding hydrogens is 315 g/mol. The Morgan fingerprint density at radius 2 is 2.11 bits per heavy atom. The normalized spacial score (nSPS) is 11.8. The zero-order valence-electron chi connectivity index (χ0n) is 11.0. The van der Waals surface area contributed by atoms with Crippen molar-refractivity contribution in [1.29, 1.82) is 0 Å². The Labute approximate surface area is 120 Å². The van der Waals surface area contributed by atoms with Gasteiger partial charge in [-0.15, -0.1) is 0 Å². The molecule has 1 atom stereocenters. The third kappa shape index (κ3) is 4.02. The van der Waals surface area contributed by atoms with Crippen LogP contribution in [0.5, 0.6) is 0 Å². The minimum absolute atomic E-state index is 0.141. The van der Waals surface area contributed by atoms with Crippen LogP contribution < -0.4 is 5.32 Å². The van der Waals surface area contributed by atoms with Crippen LogP contribution in [0.3, 0.4) is 0 Å². The molecule has 1 aromatic carbocycles. The van der Waals surface area contributed by atoms with E-state index < -0.39 is 5.82 Å². The molecule has 0 saturated heterocycles. The second-order valence-corrected chi connectivity index (χ2v) is 5.18. The largest absolute Gasteiger partial charge is 0.359 e. The quantitative estimate of drug-likeness (QED) is 0.918. The number of carbonyl (C=O) groups excluding carboxylic acids is 2. The fraction of sp³-hybridized carbons (Fsp3) is 0.385.